The topological polar surface area (TPSA) is 86.7 Å². The molecule has 1 aliphatic rings. The fourth-order valence-corrected chi connectivity index (χ4v) is 3.31. The molecule has 0 saturated carbocycles. The molecule has 6 nitrogen and oxygen atoms in total. The van der Waals surface area contributed by atoms with Crippen LogP contribution in [0.1, 0.15) is 37.8 Å². The van der Waals surface area contributed by atoms with Gasteiger partial charge in [0.25, 0.3) is 0 Å². The summed E-state index contributed by atoms with van der Waals surface area (Å²) in [5.74, 6) is -1.29. The van der Waals surface area contributed by atoms with Gasteiger partial charge in [-0.2, -0.15) is 0 Å². The Bertz CT molecular complexity index is 627. The van der Waals surface area contributed by atoms with Gasteiger partial charge in [-0.25, -0.2) is 0 Å². The number of hydrogen-bond acceptors (Lipinski definition) is 3. The molecule has 1 atom stereocenters. The van der Waals surface area contributed by atoms with Gasteiger partial charge in [0.05, 0.1) is 12.5 Å². The van der Waals surface area contributed by atoms with Crippen LogP contribution in [0.15, 0.2) is 28.7 Å². The predicted molar refractivity (Wildman–Crippen MR) is 92.3 cm³/mol. The molecule has 1 saturated heterocycles. The lowest BCUT2D eigenvalue weighted by molar-refractivity contribution is -0.138. The molecular formula is C17H21BrN2O4. The zero-order valence-corrected chi connectivity index (χ0v) is 15.1. The number of piperidine rings is 1. The van der Waals surface area contributed by atoms with E-state index in [0.717, 1.165) is 10.0 Å². The first-order valence-electron chi connectivity index (χ1n) is 7.90. The van der Waals surface area contributed by atoms with E-state index in [0.29, 0.717) is 25.9 Å². The standard InChI is InChI=1S/C17H21BrN2O4/c1-11(21)20-7-5-12(6-8-20)17(24)19-15(10-16(22)23)13-3-2-4-14(18)9-13/h2-4,9,12,15H,5-8,10H2,1H3,(H,19,24)(H,22,23). The molecule has 1 aliphatic heterocycles. The first-order chi connectivity index (χ1) is 11.4. The van der Waals surface area contributed by atoms with Crippen LogP contribution in [0.3, 0.4) is 0 Å². The van der Waals surface area contributed by atoms with Crippen molar-refractivity contribution in [3.63, 3.8) is 0 Å². The van der Waals surface area contributed by atoms with Crippen molar-refractivity contribution in [1.82, 2.24) is 10.2 Å². The van der Waals surface area contributed by atoms with Crippen LogP contribution >= 0.6 is 15.9 Å². The van der Waals surface area contributed by atoms with Crippen molar-refractivity contribution in [1.29, 1.82) is 0 Å². The highest BCUT2D eigenvalue weighted by Crippen LogP contribution is 2.23. The van der Waals surface area contributed by atoms with Gasteiger partial charge in [0.2, 0.25) is 11.8 Å². The maximum atomic E-state index is 12.5. The van der Waals surface area contributed by atoms with Crippen LogP contribution in [0.2, 0.25) is 0 Å². The average molecular weight is 397 g/mol. The van der Waals surface area contributed by atoms with Crippen molar-refractivity contribution in [2.24, 2.45) is 5.92 Å². The highest BCUT2D eigenvalue weighted by atomic mass is 79.9. The van der Waals surface area contributed by atoms with E-state index in [-0.39, 0.29) is 24.2 Å². The summed E-state index contributed by atoms with van der Waals surface area (Å²) in [6, 6.07) is 6.70. The summed E-state index contributed by atoms with van der Waals surface area (Å²) < 4.78 is 0.833. The molecule has 2 N–H and O–H groups in total. The fourth-order valence-electron chi connectivity index (χ4n) is 2.90. The average Bonchev–Trinajstić information content (AvgIpc) is 2.53. The van der Waals surface area contributed by atoms with Crippen molar-refractivity contribution in [2.45, 2.75) is 32.2 Å². The van der Waals surface area contributed by atoms with Gasteiger partial charge < -0.3 is 15.3 Å². The second-order valence-corrected chi connectivity index (χ2v) is 6.91. The van der Waals surface area contributed by atoms with Gasteiger partial charge in [-0.05, 0) is 30.5 Å². The normalized spacial score (nSPS) is 16.5. The van der Waals surface area contributed by atoms with Crippen LogP contribution in [0.25, 0.3) is 0 Å². The quantitative estimate of drug-likeness (QED) is 0.799. The lowest BCUT2D eigenvalue weighted by atomic mass is 9.94. The Labute approximate surface area is 149 Å². The highest BCUT2D eigenvalue weighted by Gasteiger charge is 2.28. The number of carboxylic acids is 1. The van der Waals surface area contributed by atoms with Gasteiger partial charge >= 0.3 is 5.97 Å². The van der Waals surface area contributed by atoms with Crippen LogP contribution in [-0.2, 0) is 14.4 Å². The number of benzene rings is 1. The highest BCUT2D eigenvalue weighted by molar-refractivity contribution is 9.10. The van der Waals surface area contributed by atoms with Crippen molar-refractivity contribution in [3.8, 4) is 0 Å². The van der Waals surface area contributed by atoms with E-state index in [1.165, 1.54) is 6.92 Å². The van der Waals surface area contributed by atoms with Gasteiger partial charge in [-0.3, -0.25) is 14.4 Å². The first-order valence-corrected chi connectivity index (χ1v) is 8.69. The van der Waals surface area contributed by atoms with E-state index in [1.807, 2.05) is 18.2 Å². The fraction of sp³-hybridized carbons (Fsp3) is 0.471. The minimum Gasteiger partial charge on any atom is -0.481 e. The SMILES string of the molecule is CC(=O)N1CCC(C(=O)NC(CC(=O)O)c2cccc(Br)c2)CC1. The molecule has 2 rings (SSSR count). The summed E-state index contributed by atoms with van der Waals surface area (Å²) >= 11 is 3.36. The summed E-state index contributed by atoms with van der Waals surface area (Å²) in [5, 5.41) is 12.0. The van der Waals surface area contributed by atoms with E-state index < -0.39 is 12.0 Å². The van der Waals surface area contributed by atoms with Gasteiger partial charge in [-0.1, -0.05) is 28.1 Å². The summed E-state index contributed by atoms with van der Waals surface area (Å²) in [6.45, 7) is 2.65. The van der Waals surface area contributed by atoms with E-state index in [4.69, 9.17) is 5.11 Å². The molecule has 130 valence electrons. The van der Waals surface area contributed by atoms with Crippen LogP contribution < -0.4 is 5.32 Å². The van der Waals surface area contributed by atoms with E-state index in [1.54, 1.807) is 11.0 Å². The molecular weight excluding hydrogens is 376 g/mol. The maximum absolute atomic E-state index is 12.5. The number of rotatable bonds is 5. The van der Waals surface area contributed by atoms with Gasteiger partial charge in [0.15, 0.2) is 0 Å². The van der Waals surface area contributed by atoms with Crippen molar-refractivity contribution < 1.29 is 19.5 Å². The molecule has 1 unspecified atom stereocenters. The van der Waals surface area contributed by atoms with Gasteiger partial charge in [0.1, 0.15) is 0 Å². The Hall–Kier alpha value is -1.89. The molecule has 0 aliphatic carbocycles. The first kappa shape index (κ1) is 18.4. The van der Waals surface area contributed by atoms with Crippen LogP contribution in [0.5, 0.6) is 0 Å². The third kappa shape index (κ3) is 5.06. The number of carboxylic acid groups (broad SMARTS) is 1. The van der Waals surface area contributed by atoms with Crippen molar-refractivity contribution in [2.75, 3.05) is 13.1 Å². The van der Waals surface area contributed by atoms with E-state index in [9.17, 15) is 14.4 Å². The van der Waals surface area contributed by atoms with E-state index >= 15 is 0 Å². The molecule has 0 radical (unpaired) electrons. The second-order valence-electron chi connectivity index (χ2n) is 5.99. The molecule has 0 aromatic heterocycles. The van der Waals surface area contributed by atoms with Crippen LogP contribution in [0.4, 0.5) is 0 Å². The zero-order chi connectivity index (χ0) is 17.7. The number of carbonyl (C=O) groups excluding carboxylic acids is 2. The minimum atomic E-state index is -0.966. The Morgan fingerprint density at radius 3 is 2.54 bits per heavy atom. The zero-order valence-electron chi connectivity index (χ0n) is 13.5. The van der Waals surface area contributed by atoms with Crippen molar-refractivity contribution >= 4 is 33.7 Å². The molecule has 7 heteroatoms. The summed E-state index contributed by atoms with van der Waals surface area (Å²) in [6.07, 6.45) is 1.03. The Morgan fingerprint density at radius 2 is 2.00 bits per heavy atom. The number of likely N-dealkylation sites (tertiary alicyclic amines) is 1. The molecule has 0 spiro atoms. The largest absolute Gasteiger partial charge is 0.481 e. The third-order valence-electron chi connectivity index (χ3n) is 4.26. The second kappa shape index (κ2) is 8.28. The molecule has 0 bridgehead atoms. The number of nitrogens with one attached hydrogen (secondary N) is 1. The lowest BCUT2D eigenvalue weighted by Crippen LogP contribution is -2.43. The lowest BCUT2D eigenvalue weighted by Gasteiger charge is -2.31. The number of nitrogens with zero attached hydrogens (tertiary/aromatic N) is 1. The summed E-state index contributed by atoms with van der Waals surface area (Å²) in [5.41, 5.74) is 0.751. The van der Waals surface area contributed by atoms with Crippen molar-refractivity contribution in [3.05, 3.63) is 34.3 Å². The molecule has 1 aromatic carbocycles. The van der Waals surface area contributed by atoms with Crippen LogP contribution in [0, 0.1) is 5.92 Å². The molecule has 24 heavy (non-hydrogen) atoms. The minimum absolute atomic E-state index is 0.0201. The van der Waals surface area contributed by atoms with Crippen LogP contribution in [-0.4, -0.2) is 40.9 Å². The Kier molecular flexibility index (Phi) is 6.36. The molecule has 1 heterocycles. The Morgan fingerprint density at radius 1 is 1.33 bits per heavy atom. The molecule has 2 amide bonds. The van der Waals surface area contributed by atoms with E-state index in [2.05, 4.69) is 21.2 Å². The number of halogens is 1. The third-order valence-corrected chi connectivity index (χ3v) is 4.75. The maximum Gasteiger partial charge on any atom is 0.305 e. The van der Waals surface area contributed by atoms with Gasteiger partial charge in [-0.15, -0.1) is 0 Å². The number of carbonyl (C=O) groups is 3. The smallest absolute Gasteiger partial charge is 0.305 e. The van der Waals surface area contributed by atoms with Gasteiger partial charge in [0, 0.05) is 30.4 Å². The number of aliphatic carboxylic acids is 1. The monoisotopic (exact) mass is 396 g/mol. The predicted octanol–water partition coefficient (Wildman–Crippen LogP) is 2.34. The molecule has 1 fully saturated rings. The number of hydrogen-bond donors (Lipinski definition) is 2. The summed E-state index contributed by atoms with van der Waals surface area (Å²) in [7, 11) is 0. The summed E-state index contributed by atoms with van der Waals surface area (Å²) in [4.78, 5) is 36.7. The number of amides is 2. The Balaban J connectivity index is 2.03. The molecule has 1 aromatic rings.